The molecule has 0 aromatic carbocycles. The van der Waals surface area contributed by atoms with Crippen molar-refractivity contribution in [2.24, 2.45) is 5.92 Å². The Morgan fingerprint density at radius 2 is 1.95 bits per heavy atom. The first-order valence-corrected chi connectivity index (χ1v) is 7.70. The summed E-state index contributed by atoms with van der Waals surface area (Å²) < 4.78 is 4.83. The molecule has 1 fully saturated rings. The van der Waals surface area contributed by atoms with Gasteiger partial charge in [-0.1, -0.05) is 25.7 Å². The molecule has 19 heavy (non-hydrogen) atoms. The number of aliphatic hydroxyl groups excluding tert-OH is 1. The van der Waals surface area contributed by atoms with Crippen molar-refractivity contribution in [3.63, 3.8) is 0 Å². The van der Waals surface area contributed by atoms with Gasteiger partial charge >= 0.3 is 5.97 Å². The van der Waals surface area contributed by atoms with E-state index in [0.29, 0.717) is 25.1 Å². The second-order valence-electron chi connectivity index (χ2n) is 5.61. The molecule has 1 aliphatic rings. The van der Waals surface area contributed by atoms with Crippen molar-refractivity contribution in [3.05, 3.63) is 0 Å². The zero-order valence-electron chi connectivity index (χ0n) is 12.4. The Morgan fingerprint density at radius 1 is 1.32 bits per heavy atom. The van der Waals surface area contributed by atoms with Gasteiger partial charge in [0.25, 0.3) is 0 Å². The van der Waals surface area contributed by atoms with E-state index in [-0.39, 0.29) is 12.4 Å². The largest absolute Gasteiger partial charge is 0.466 e. The maximum Gasteiger partial charge on any atom is 0.308 e. The fourth-order valence-corrected chi connectivity index (χ4v) is 2.78. The Morgan fingerprint density at radius 3 is 2.53 bits per heavy atom. The first-order chi connectivity index (χ1) is 9.13. The van der Waals surface area contributed by atoms with Crippen LogP contribution in [0, 0.1) is 5.92 Å². The predicted octanol–water partition coefficient (Wildman–Crippen LogP) is 2.25. The minimum atomic E-state index is -0.646. The summed E-state index contributed by atoms with van der Waals surface area (Å²) in [4.78, 5) is 11.2. The maximum absolute atomic E-state index is 11.2. The van der Waals surface area contributed by atoms with Gasteiger partial charge in [-0.15, -0.1) is 0 Å². The molecular formula is C15H29NO3. The number of esters is 1. The molecule has 0 bridgehead atoms. The Bertz CT molecular complexity index is 250. The molecule has 2 N–H and O–H groups in total. The van der Waals surface area contributed by atoms with E-state index in [9.17, 15) is 9.90 Å². The Hall–Kier alpha value is -0.610. The first-order valence-electron chi connectivity index (χ1n) is 7.70. The number of aliphatic hydroxyl groups is 1. The molecule has 1 saturated carbocycles. The van der Waals surface area contributed by atoms with Gasteiger partial charge in [0.1, 0.15) is 0 Å². The van der Waals surface area contributed by atoms with Gasteiger partial charge in [0.15, 0.2) is 0 Å². The first kappa shape index (κ1) is 16.4. The highest BCUT2D eigenvalue weighted by molar-refractivity contribution is 5.69. The lowest BCUT2D eigenvalue weighted by Crippen LogP contribution is -2.39. The van der Waals surface area contributed by atoms with Crippen molar-refractivity contribution in [1.29, 1.82) is 0 Å². The minimum Gasteiger partial charge on any atom is -0.466 e. The van der Waals surface area contributed by atoms with Crippen LogP contribution in [-0.2, 0) is 9.53 Å². The smallest absolute Gasteiger partial charge is 0.308 e. The van der Waals surface area contributed by atoms with Crippen LogP contribution >= 0.6 is 0 Å². The monoisotopic (exact) mass is 271 g/mol. The summed E-state index contributed by atoms with van der Waals surface area (Å²) in [6.45, 7) is 4.80. The molecule has 0 aromatic rings. The molecule has 0 heterocycles. The number of nitrogens with one attached hydrogen (secondary N) is 1. The van der Waals surface area contributed by atoms with E-state index in [0.717, 1.165) is 0 Å². The van der Waals surface area contributed by atoms with Gasteiger partial charge in [0.2, 0.25) is 0 Å². The molecule has 4 heteroatoms. The average molecular weight is 271 g/mol. The van der Waals surface area contributed by atoms with Crippen LogP contribution in [0.15, 0.2) is 0 Å². The second-order valence-corrected chi connectivity index (χ2v) is 5.61. The summed E-state index contributed by atoms with van der Waals surface area (Å²) in [6.07, 6.45) is 7.35. The summed E-state index contributed by atoms with van der Waals surface area (Å²) in [5, 5.41) is 13.2. The molecule has 2 atom stereocenters. The van der Waals surface area contributed by atoms with Gasteiger partial charge in [0, 0.05) is 12.6 Å². The summed E-state index contributed by atoms with van der Waals surface area (Å²) in [7, 11) is 0. The van der Waals surface area contributed by atoms with E-state index < -0.39 is 6.10 Å². The molecule has 1 rings (SSSR count). The third-order valence-corrected chi connectivity index (χ3v) is 3.99. The van der Waals surface area contributed by atoms with Gasteiger partial charge in [0.05, 0.1) is 19.1 Å². The van der Waals surface area contributed by atoms with Crippen LogP contribution in [0.5, 0.6) is 0 Å². The number of hydrogen-bond donors (Lipinski definition) is 2. The number of carbonyl (C=O) groups is 1. The summed E-state index contributed by atoms with van der Waals surface area (Å²) in [6, 6.07) is 0.412. The lowest BCUT2D eigenvalue weighted by Gasteiger charge is -2.24. The average Bonchev–Trinajstić information content (AvgIpc) is 2.65. The van der Waals surface area contributed by atoms with Gasteiger partial charge in [-0.25, -0.2) is 0 Å². The number of hydrogen-bond acceptors (Lipinski definition) is 4. The summed E-state index contributed by atoms with van der Waals surface area (Å²) >= 11 is 0. The second kappa shape index (κ2) is 9.32. The van der Waals surface area contributed by atoms with Crippen molar-refractivity contribution < 1.29 is 14.6 Å². The predicted molar refractivity (Wildman–Crippen MR) is 75.9 cm³/mol. The van der Waals surface area contributed by atoms with Crippen LogP contribution in [0.2, 0.25) is 0 Å². The third kappa shape index (κ3) is 6.92. The topological polar surface area (TPSA) is 58.6 Å². The van der Waals surface area contributed by atoms with Gasteiger partial charge in [-0.2, -0.15) is 0 Å². The molecular weight excluding hydrogens is 242 g/mol. The Kier molecular flexibility index (Phi) is 8.07. The normalized spacial score (nSPS) is 20.6. The maximum atomic E-state index is 11.2. The van der Waals surface area contributed by atoms with Crippen LogP contribution < -0.4 is 5.32 Å². The van der Waals surface area contributed by atoms with E-state index in [1.807, 2.05) is 0 Å². The number of ether oxygens (including phenoxy) is 1. The molecule has 1 aliphatic carbocycles. The Labute approximate surface area is 116 Å². The molecule has 0 saturated heterocycles. The molecule has 0 aromatic heterocycles. The van der Waals surface area contributed by atoms with Gasteiger partial charge in [-0.05, 0) is 32.6 Å². The van der Waals surface area contributed by atoms with Crippen LogP contribution in [-0.4, -0.2) is 36.4 Å². The van der Waals surface area contributed by atoms with E-state index in [2.05, 4.69) is 12.2 Å². The van der Waals surface area contributed by atoms with Gasteiger partial charge < -0.3 is 15.2 Å². The molecule has 1 unspecified atom stereocenters. The highest BCUT2D eigenvalue weighted by atomic mass is 16.5. The zero-order valence-corrected chi connectivity index (χ0v) is 12.4. The standard InChI is InChI=1S/C15H29NO3/c1-3-19-15(18)10-14(17)11-16-12(2)13-8-6-4-5-7-9-13/h12-14,16-17H,3-11H2,1-2H3/t12-,14?/m1/s1. The molecule has 0 amide bonds. The van der Waals surface area contributed by atoms with Crippen LogP contribution in [0.4, 0.5) is 0 Å². The summed E-state index contributed by atoms with van der Waals surface area (Å²) in [5.74, 6) is 0.385. The number of rotatable bonds is 7. The van der Waals surface area contributed by atoms with Crippen molar-refractivity contribution in [1.82, 2.24) is 5.32 Å². The molecule has 4 nitrogen and oxygen atoms in total. The van der Waals surface area contributed by atoms with Crippen LogP contribution in [0.1, 0.15) is 58.8 Å². The van der Waals surface area contributed by atoms with E-state index in [1.54, 1.807) is 6.92 Å². The molecule has 112 valence electrons. The van der Waals surface area contributed by atoms with Crippen molar-refractivity contribution in [2.45, 2.75) is 70.9 Å². The lowest BCUT2D eigenvalue weighted by molar-refractivity contribution is -0.145. The molecule has 0 radical (unpaired) electrons. The van der Waals surface area contributed by atoms with E-state index in [4.69, 9.17) is 4.74 Å². The van der Waals surface area contributed by atoms with E-state index in [1.165, 1.54) is 38.5 Å². The Balaban J connectivity index is 2.20. The van der Waals surface area contributed by atoms with Gasteiger partial charge in [-0.3, -0.25) is 4.79 Å². The number of carbonyl (C=O) groups excluding carboxylic acids is 1. The molecule has 0 spiro atoms. The minimum absolute atomic E-state index is 0.0816. The van der Waals surface area contributed by atoms with Crippen molar-refractivity contribution >= 4 is 5.97 Å². The lowest BCUT2D eigenvalue weighted by atomic mass is 9.93. The summed E-state index contributed by atoms with van der Waals surface area (Å²) in [5.41, 5.74) is 0. The zero-order chi connectivity index (χ0) is 14.1. The fourth-order valence-electron chi connectivity index (χ4n) is 2.78. The van der Waals surface area contributed by atoms with Crippen LogP contribution in [0.25, 0.3) is 0 Å². The third-order valence-electron chi connectivity index (χ3n) is 3.99. The highest BCUT2D eigenvalue weighted by Crippen LogP contribution is 2.25. The quantitative estimate of drug-likeness (QED) is 0.551. The van der Waals surface area contributed by atoms with Crippen molar-refractivity contribution in [2.75, 3.05) is 13.2 Å². The highest BCUT2D eigenvalue weighted by Gasteiger charge is 2.20. The van der Waals surface area contributed by atoms with E-state index >= 15 is 0 Å². The fraction of sp³-hybridized carbons (Fsp3) is 0.933. The SMILES string of the molecule is CCOC(=O)CC(O)CN[C@H](C)C1CCCCCC1. The van der Waals surface area contributed by atoms with Crippen molar-refractivity contribution in [3.8, 4) is 0 Å². The molecule has 0 aliphatic heterocycles. The van der Waals surface area contributed by atoms with Crippen LogP contribution in [0.3, 0.4) is 0 Å².